The number of benzene rings is 2. The minimum absolute atomic E-state index is 0.121. The minimum atomic E-state index is -0.568. The summed E-state index contributed by atoms with van der Waals surface area (Å²) >= 11 is 7.56. The molecule has 0 radical (unpaired) electrons. The van der Waals surface area contributed by atoms with Crippen LogP contribution in [0.2, 0.25) is 5.02 Å². The first-order valence-electron chi connectivity index (χ1n) is 11.2. The number of nitrogens with one attached hydrogen (secondary N) is 1. The number of amides is 2. The average molecular weight is 506 g/mol. The zero-order chi connectivity index (χ0) is 24.9. The van der Waals surface area contributed by atoms with Gasteiger partial charge in [-0.15, -0.1) is 0 Å². The molecule has 6 nitrogen and oxygen atoms in total. The van der Waals surface area contributed by atoms with Crippen LogP contribution in [0.4, 0.5) is 5.69 Å². The highest BCUT2D eigenvalue weighted by atomic mass is 35.5. The largest absolute Gasteiger partial charge is 0.467 e. The van der Waals surface area contributed by atoms with Gasteiger partial charge in [0.2, 0.25) is 5.91 Å². The topological polar surface area (TPSA) is 86.3 Å². The van der Waals surface area contributed by atoms with E-state index in [2.05, 4.69) is 19.2 Å². The van der Waals surface area contributed by atoms with E-state index in [1.807, 2.05) is 48.5 Å². The van der Waals surface area contributed by atoms with E-state index in [1.54, 1.807) is 18.2 Å². The number of anilines is 1. The van der Waals surface area contributed by atoms with Crippen molar-refractivity contribution in [3.8, 4) is 6.07 Å². The van der Waals surface area contributed by atoms with Crippen molar-refractivity contribution in [2.45, 2.75) is 38.0 Å². The predicted octanol–water partition coefficient (Wildman–Crippen LogP) is 5.80. The molecule has 1 fully saturated rings. The molecular weight excluding hydrogens is 482 g/mol. The van der Waals surface area contributed by atoms with E-state index in [4.69, 9.17) is 16.0 Å². The highest BCUT2D eigenvalue weighted by Gasteiger charge is 2.41. The predicted molar refractivity (Wildman–Crippen MR) is 138 cm³/mol. The Labute approximate surface area is 213 Å². The van der Waals surface area contributed by atoms with Crippen LogP contribution in [0.3, 0.4) is 0 Å². The summed E-state index contributed by atoms with van der Waals surface area (Å²) in [5, 5.41) is 13.0. The number of hydrogen-bond acceptors (Lipinski definition) is 5. The number of furan rings is 1. The van der Waals surface area contributed by atoms with E-state index in [0.717, 1.165) is 11.1 Å². The molecule has 1 atom stereocenters. The number of carbonyl (C=O) groups excluding carboxylic acids is 2. The maximum atomic E-state index is 13.6. The molecule has 1 unspecified atom stereocenters. The summed E-state index contributed by atoms with van der Waals surface area (Å²) in [6, 6.07) is 20.4. The Kier molecular flexibility index (Phi) is 7.64. The molecule has 4 rings (SSSR count). The quantitative estimate of drug-likeness (QED) is 0.324. The Hall–Kier alpha value is -3.47. The first-order valence-corrected chi connectivity index (χ1v) is 12.4. The molecule has 2 amide bonds. The molecule has 8 heteroatoms. The van der Waals surface area contributed by atoms with E-state index in [1.165, 1.54) is 22.9 Å². The summed E-state index contributed by atoms with van der Waals surface area (Å²) in [4.78, 5) is 28.1. The first kappa shape index (κ1) is 24.6. The first-order chi connectivity index (χ1) is 16.9. The van der Waals surface area contributed by atoms with Gasteiger partial charge in [0.1, 0.15) is 22.4 Å². The van der Waals surface area contributed by atoms with Crippen LogP contribution in [0.1, 0.15) is 36.7 Å². The Morgan fingerprint density at radius 3 is 2.54 bits per heavy atom. The smallest absolute Gasteiger partial charge is 0.265 e. The normalized spacial score (nSPS) is 16.9. The molecule has 1 aliphatic heterocycles. The van der Waals surface area contributed by atoms with Crippen LogP contribution in [-0.2, 0) is 22.6 Å². The minimum Gasteiger partial charge on any atom is -0.467 e. The lowest BCUT2D eigenvalue weighted by Gasteiger charge is -2.19. The standard InChI is InChI=1S/C27H24ClN3O3S/c1-17(2)18-9-11-20(12-10-18)31-26(33)24(14-19-6-3-4-8-23(19)28)35-27(31)22(15-29)25(32)30-16-21-7-5-13-34-21/h3-13,17,24H,14,16H2,1-2H3,(H,30,32)/b27-22-. The van der Waals surface area contributed by atoms with Crippen LogP contribution in [0.15, 0.2) is 81.9 Å². The summed E-state index contributed by atoms with van der Waals surface area (Å²) in [5.41, 5.74) is 2.44. The second-order valence-electron chi connectivity index (χ2n) is 8.38. The van der Waals surface area contributed by atoms with Gasteiger partial charge in [-0.25, -0.2) is 0 Å². The van der Waals surface area contributed by atoms with Crippen LogP contribution < -0.4 is 10.2 Å². The Bertz CT molecular complexity index is 1290. The molecule has 178 valence electrons. The zero-order valence-corrected chi connectivity index (χ0v) is 20.9. The van der Waals surface area contributed by atoms with Gasteiger partial charge in [0.25, 0.3) is 5.91 Å². The van der Waals surface area contributed by atoms with Crippen molar-refractivity contribution < 1.29 is 14.0 Å². The Morgan fingerprint density at radius 2 is 1.91 bits per heavy atom. The number of nitrogens with zero attached hydrogens (tertiary/aromatic N) is 2. The van der Waals surface area contributed by atoms with Crippen molar-refractivity contribution in [3.05, 3.63) is 99.4 Å². The number of rotatable bonds is 7. The van der Waals surface area contributed by atoms with E-state index in [9.17, 15) is 14.9 Å². The fourth-order valence-electron chi connectivity index (χ4n) is 3.76. The third kappa shape index (κ3) is 5.45. The van der Waals surface area contributed by atoms with Gasteiger partial charge in [0, 0.05) is 10.7 Å². The van der Waals surface area contributed by atoms with Crippen molar-refractivity contribution in [1.82, 2.24) is 5.32 Å². The summed E-state index contributed by atoms with van der Waals surface area (Å²) < 4.78 is 5.26. The second kappa shape index (κ2) is 10.9. The molecule has 1 aliphatic rings. The summed E-state index contributed by atoms with van der Waals surface area (Å²) in [6.07, 6.45) is 1.89. The third-order valence-electron chi connectivity index (χ3n) is 5.69. The lowest BCUT2D eigenvalue weighted by Crippen LogP contribution is -2.32. The maximum Gasteiger partial charge on any atom is 0.265 e. The fraction of sp³-hybridized carbons (Fsp3) is 0.222. The Morgan fingerprint density at radius 1 is 1.17 bits per heavy atom. The molecule has 3 aromatic rings. The van der Waals surface area contributed by atoms with Gasteiger partial charge in [-0.1, -0.05) is 67.5 Å². The summed E-state index contributed by atoms with van der Waals surface area (Å²) in [5.74, 6) is 0.126. The lowest BCUT2D eigenvalue weighted by molar-refractivity contribution is -0.117. The average Bonchev–Trinajstić information content (AvgIpc) is 3.48. The van der Waals surface area contributed by atoms with Gasteiger partial charge >= 0.3 is 0 Å². The summed E-state index contributed by atoms with van der Waals surface area (Å²) in [7, 11) is 0. The molecule has 1 aromatic heterocycles. The molecule has 2 aromatic carbocycles. The van der Waals surface area contributed by atoms with Crippen LogP contribution in [0.5, 0.6) is 0 Å². The molecule has 0 bridgehead atoms. The molecule has 2 heterocycles. The summed E-state index contributed by atoms with van der Waals surface area (Å²) in [6.45, 7) is 4.32. The van der Waals surface area contributed by atoms with Crippen molar-refractivity contribution in [1.29, 1.82) is 5.26 Å². The molecule has 0 aliphatic carbocycles. The number of halogens is 1. The monoisotopic (exact) mass is 505 g/mol. The molecule has 35 heavy (non-hydrogen) atoms. The van der Waals surface area contributed by atoms with Crippen molar-refractivity contribution in [2.75, 3.05) is 4.90 Å². The van der Waals surface area contributed by atoms with Crippen molar-refractivity contribution >= 4 is 40.9 Å². The molecule has 1 saturated heterocycles. The van der Waals surface area contributed by atoms with E-state index >= 15 is 0 Å². The van der Waals surface area contributed by atoms with Crippen molar-refractivity contribution in [3.63, 3.8) is 0 Å². The highest BCUT2D eigenvalue weighted by molar-refractivity contribution is 8.05. The van der Waals surface area contributed by atoms with Crippen molar-refractivity contribution in [2.24, 2.45) is 0 Å². The molecule has 1 N–H and O–H groups in total. The van der Waals surface area contributed by atoms with E-state index in [-0.39, 0.29) is 18.0 Å². The number of carbonyl (C=O) groups is 2. The maximum absolute atomic E-state index is 13.6. The number of nitriles is 1. The van der Waals surface area contributed by atoms with Gasteiger partial charge in [-0.05, 0) is 53.8 Å². The number of hydrogen-bond donors (Lipinski definition) is 1. The Balaban J connectivity index is 1.70. The van der Waals surface area contributed by atoms with Gasteiger partial charge < -0.3 is 9.73 Å². The van der Waals surface area contributed by atoms with Gasteiger partial charge in [-0.3, -0.25) is 14.5 Å². The highest BCUT2D eigenvalue weighted by Crippen LogP contribution is 2.42. The third-order valence-corrected chi connectivity index (χ3v) is 7.32. The van der Waals surface area contributed by atoms with Crippen LogP contribution in [0.25, 0.3) is 0 Å². The second-order valence-corrected chi connectivity index (χ2v) is 9.97. The van der Waals surface area contributed by atoms with Gasteiger partial charge in [0.15, 0.2) is 0 Å². The van der Waals surface area contributed by atoms with Gasteiger partial charge in [0.05, 0.1) is 18.1 Å². The van der Waals surface area contributed by atoms with Crippen LogP contribution in [0, 0.1) is 11.3 Å². The van der Waals surface area contributed by atoms with Crippen LogP contribution in [-0.4, -0.2) is 17.1 Å². The zero-order valence-electron chi connectivity index (χ0n) is 19.3. The number of thioether (sulfide) groups is 1. The SMILES string of the molecule is CC(C)c1ccc(N2C(=O)C(Cc3ccccc3Cl)S/C2=C(/C#N)C(=O)NCc2ccco2)cc1. The fourth-order valence-corrected chi connectivity index (χ4v) is 5.27. The lowest BCUT2D eigenvalue weighted by atomic mass is 10.0. The van der Waals surface area contributed by atoms with E-state index < -0.39 is 11.2 Å². The van der Waals surface area contributed by atoms with Gasteiger partial charge in [-0.2, -0.15) is 5.26 Å². The van der Waals surface area contributed by atoms with Crippen LogP contribution >= 0.6 is 23.4 Å². The molecule has 0 spiro atoms. The molecular formula is C27H24ClN3O3S. The molecule has 0 saturated carbocycles. The van der Waals surface area contributed by atoms with E-state index in [0.29, 0.717) is 33.8 Å².